The first kappa shape index (κ1) is 16.9. The fourth-order valence-electron chi connectivity index (χ4n) is 1.85. The third-order valence-corrected chi connectivity index (χ3v) is 3.29. The highest BCUT2D eigenvalue weighted by Crippen LogP contribution is 2.30. The molecule has 0 saturated carbocycles. The van der Waals surface area contributed by atoms with Crippen LogP contribution in [0.2, 0.25) is 0 Å². The summed E-state index contributed by atoms with van der Waals surface area (Å²) in [4.78, 5) is 23.1. The molecule has 0 heterocycles. The van der Waals surface area contributed by atoms with Crippen molar-refractivity contribution in [3.63, 3.8) is 0 Å². The zero-order chi connectivity index (χ0) is 14.2. The van der Waals surface area contributed by atoms with Crippen molar-refractivity contribution in [3.05, 3.63) is 0 Å². The minimum atomic E-state index is -0.949. The fourth-order valence-corrected chi connectivity index (χ4v) is 1.85. The number of nitrogens with one attached hydrogen (secondary N) is 1. The monoisotopic (exact) mass is 259 g/mol. The van der Waals surface area contributed by atoms with E-state index in [1.807, 2.05) is 13.8 Å². The molecule has 0 radical (unpaired) electrons. The van der Waals surface area contributed by atoms with Gasteiger partial charge in [-0.3, -0.25) is 9.59 Å². The zero-order valence-corrected chi connectivity index (χ0v) is 11.8. The van der Waals surface area contributed by atoms with Crippen molar-refractivity contribution in [2.75, 3.05) is 13.2 Å². The number of carboxylic acid groups (broad SMARTS) is 1. The molecule has 2 N–H and O–H groups in total. The van der Waals surface area contributed by atoms with Gasteiger partial charge in [-0.25, -0.2) is 0 Å². The summed E-state index contributed by atoms with van der Waals surface area (Å²) in [5.41, 5.74) is -0.949. The van der Waals surface area contributed by atoms with Gasteiger partial charge in [0.15, 0.2) is 0 Å². The van der Waals surface area contributed by atoms with E-state index in [-0.39, 0.29) is 18.4 Å². The average molecular weight is 259 g/mol. The van der Waals surface area contributed by atoms with Crippen molar-refractivity contribution in [3.8, 4) is 0 Å². The minimum absolute atomic E-state index is 0.0196. The second kappa shape index (κ2) is 8.08. The molecule has 0 rings (SSSR count). The second-order valence-corrected chi connectivity index (χ2v) is 4.60. The lowest BCUT2D eigenvalue weighted by atomic mass is 9.79. The Kier molecular flexibility index (Phi) is 7.59. The molecule has 0 spiro atoms. The predicted molar refractivity (Wildman–Crippen MR) is 69.4 cm³/mol. The van der Waals surface area contributed by atoms with E-state index in [4.69, 9.17) is 4.74 Å². The van der Waals surface area contributed by atoms with Gasteiger partial charge in [0.05, 0.1) is 12.0 Å². The fraction of sp³-hybridized carbons (Fsp3) is 0.846. The molecule has 0 bridgehead atoms. The highest BCUT2D eigenvalue weighted by atomic mass is 16.5. The average Bonchev–Trinajstić information content (AvgIpc) is 2.33. The van der Waals surface area contributed by atoms with Crippen molar-refractivity contribution in [2.45, 2.75) is 53.0 Å². The maximum atomic E-state index is 11.8. The lowest BCUT2D eigenvalue weighted by Gasteiger charge is -2.26. The summed E-state index contributed by atoms with van der Waals surface area (Å²) in [6, 6.07) is -0.0994. The summed E-state index contributed by atoms with van der Waals surface area (Å²) < 4.78 is 5.20. The van der Waals surface area contributed by atoms with Gasteiger partial charge in [0, 0.05) is 19.1 Å². The number of carbonyl (C=O) groups excluding carboxylic acids is 1. The van der Waals surface area contributed by atoms with Crippen LogP contribution in [0.3, 0.4) is 0 Å². The first-order valence-corrected chi connectivity index (χ1v) is 6.52. The molecule has 5 nitrogen and oxygen atoms in total. The quantitative estimate of drug-likeness (QED) is 0.662. The largest absolute Gasteiger partial charge is 0.481 e. The summed E-state index contributed by atoms with van der Waals surface area (Å²) in [7, 11) is 0. The number of amides is 1. The standard InChI is InChI=1S/C13H25NO4/c1-5-13(6-2,12(16)17)8-11(15)14-10(4)9-18-7-3/h10H,5-9H2,1-4H3,(H,14,15)(H,16,17). The number of hydrogen-bond donors (Lipinski definition) is 2. The van der Waals surface area contributed by atoms with Gasteiger partial charge in [-0.15, -0.1) is 0 Å². The smallest absolute Gasteiger partial charge is 0.310 e. The van der Waals surface area contributed by atoms with Gasteiger partial charge in [-0.2, -0.15) is 0 Å². The number of aliphatic carboxylic acids is 1. The van der Waals surface area contributed by atoms with Crippen LogP contribution in [0.15, 0.2) is 0 Å². The maximum Gasteiger partial charge on any atom is 0.310 e. The normalized spacial score (nSPS) is 13.1. The van der Waals surface area contributed by atoms with E-state index in [1.54, 1.807) is 13.8 Å². The Balaban J connectivity index is 4.39. The molecule has 18 heavy (non-hydrogen) atoms. The Bertz CT molecular complexity index is 274. The van der Waals surface area contributed by atoms with E-state index in [1.165, 1.54) is 0 Å². The molecular weight excluding hydrogens is 234 g/mol. The lowest BCUT2D eigenvalue weighted by Crippen LogP contribution is -2.41. The Hall–Kier alpha value is -1.10. The predicted octanol–water partition coefficient (Wildman–Crippen LogP) is 1.81. The molecule has 0 fully saturated rings. The topological polar surface area (TPSA) is 75.6 Å². The first-order valence-electron chi connectivity index (χ1n) is 6.52. The molecule has 0 saturated heterocycles. The highest BCUT2D eigenvalue weighted by Gasteiger charge is 2.37. The van der Waals surface area contributed by atoms with Crippen LogP contribution >= 0.6 is 0 Å². The summed E-state index contributed by atoms with van der Waals surface area (Å²) in [6.07, 6.45) is 0.921. The van der Waals surface area contributed by atoms with Crippen molar-refractivity contribution in [1.29, 1.82) is 0 Å². The van der Waals surface area contributed by atoms with Crippen molar-refractivity contribution < 1.29 is 19.4 Å². The summed E-state index contributed by atoms with van der Waals surface area (Å²) in [6.45, 7) is 8.37. The first-order chi connectivity index (χ1) is 8.41. The molecule has 0 aromatic carbocycles. The van der Waals surface area contributed by atoms with Crippen LogP contribution in [0.1, 0.15) is 47.0 Å². The van der Waals surface area contributed by atoms with Crippen molar-refractivity contribution >= 4 is 11.9 Å². The lowest BCUT2D eigenvalue weighted by molar-refractivity contribution is -0.152. The highest BCUT2D eigenvalue weighted by molar-refractivity contribution is 5.85. The van der Waals surface area contributed by atoms with Crippen LogP contribution in [0, 0.1) is 5.41 Å². The van der Waals surface area contributed by atoms with Crippen molar-refractivity contribution in [2.24, 2.45) is 5.41 Å². The van der Waals surface area contributed by atoms with E-state index in [9.17, 15) is 14.7 Å². The summed E-state index contributed by atoms with van der Waals surface area (Å²) in [5, 5.41) is 12.0. The molecular formula is C13H25NO4. The molecule has 1 amide bonds. The van der Waals surface area contributed by atoms with Crippen LogP contribution in [0.25, 0.3) is 0 Å². The molecule has 0 aliphatic heterocycles. The number of ether oxygens (including phenoxy) is 1. The Labute approximate surface area is 109 Å². The van der Waals surface area contributed by atoms with Gasteiger partial charge in [0.25, 0.3) is 0 Å². The Morgan fingerprint density at radius 2 is 1.83 bits per heavy atom. The van der Waals surface area contributed by atoms with Gasteiger partial charge in [-0.05, 0) is 26.7 Å². The number of carboxylic acids is 1. The van der Waals surface area contributed by atoms with Crippen LogP contribution in [-0.4, -0.2) is 36.2 Å². The summed E-state index contributed by atoms with van der Waals surface area (Å²) >= 11 is 0. The number of rotatable bonds is 9. The molecule has 0 aromatic heterocycles. The number of hydrogen-bond acceptors (Lipinski definition) is 3. The van der Waals surface area contributed by atoms with E-state index in [2.05, 4.69) is 5.32 Å². The van der Waals surface area contributed by atoms with E-state index in [0.29, 0.717) is 26.1 Å². The molecule has 106 valence electrons. The van der Waals surface area contributed by atoms with Gasteiger partial charge in [0.1, 0.15) is 0 Å². The van der Waals surface area contributed by atoms with Crippen LogP contribution in [0.4, 0.5) is 0 Å². The molecule has 0 aliphatic rings. The third-order valence-electron chi connectivity index (χ3n) is 3.29. The SMILES string of the molecule is CCOCC(C)NC(=O)CC(CC)(CC)C(=O)O. The van der Waals surface area contributed by atoms with Crippen LogP contribution < -0.4 is 5.32 Å². The molecule has 0 aromatic rings. The van der Waals surface area contributed by atoms with E-state index < -0.39 is 11.4 Å². The maximum absolute atomic E-state index is 11.8. The zero-order valence-electron chi connectivity index (χ0n) is 11.8. The molecule has 1 unspecified atom stereocenters. The van der Waals surface area contributed by atoms with Gasteiger partial charge >= 0.3 is 5.97 Å². The van der Waals surface area contributed by atoms with Crippen LogP contribution in [-0.2, 0) is 14.3 Å². The van der Waals surface area contributed by atoms with Crippen molar-refractivity contribution in [1.82, 2.24) is 5.32 Å². The second-order valence-electron chi connectivity index (χ2n) is 4.60. The van der Waals surface area contributed by atoms with E-state index in [0.717, 1.165) is 0 Å². The van der Waals surface area contributed by atoms with Gasteiger partial charge < -0.3 is 15.2 Å². The van der Waals surface area contributed by atoms with Gasteiger partial charge in [-0.1, -0.05) is 13.8 Å². The minimum Gasteiger partial charge on any atom is -0.481 e. The molecule has 1 atom stereocenters. The number of carbonyl (C=O) groups is 2. The Morgan fingerprint density at radius 3 is 2.22 bits per heavy atom. The van der Waals surface area contributed by atoms with Gasteiger partial charge in [0.2, 0.25) is 5.91 Å². The summed E-state index contributed by atoms with van der Waals surface area (Å²) in [5.74, 6) is -1.13. The van der Waals surface area contributed by atoms with Crippen LogP contribution in [0.5, 0.6) is 0 Å². The molecule has 5 heteroatoms. The Morgan fingerprint density at radius 1 is 1.28 bits per heavy atom. The molecule has 0 aliphatic carbocycles. The van der Waals surface area contributed by atoms with E-state index >= 15 is 0 Å². The third kappa shape index (κ3) is 5.04.